The smallest absolute Gasteiger partial charge is 0.321 e. The molecule has 1 fully saturated rings. The second-order valence-electron chi connectivity index (χ2n) is 4.82. The summed E-state index contributed by atoms with van der Waals surface area (Å²) in [6.45, 7) is 1.00. The molecule has 6 nitrogen and oxygen atoms in total. The van der Waals surface area contributed by atoms with Gasteiger partial charge in [-0.05, 0) is 25.0 Å². The molecule has 3 N–H and O–H groups in total. The van der Waals surface area contributed by atoms with Crippen LogP contribution in [-0.4, -0.2) is 37.0 Å². The number of primary amides is 1. The Morgan fingerprint density at radius 2 is 2.15 bits per heavy atom. The first kappa shape index (κ1) is 14.2. The third kappa shape index (κ3) is 3.20. The Kier molecular flexibility index (Phi) is 4.45. The van der Waals surface area contributed by atoms with Crippen molar-refractivity contribution in [3.8, 4) is 5.75 Å². The van der Waals surface area contributed by atoms with E-state index in [4.69, 9.17) is 10.5 Å². The highest BCUT2D eigenvalue weighted by atomic mass is 16.5. The molecule has 0 bridgehead atoms. The maximum absolute atomic E-state index is 12.2. The number of anilines is 1. The molecule has 1 aromatic rings. The first-order valence-corrected chi connectivity index (χ1v) is 6.60. The van der Waals surface area contributed by atoms with Gasteiger partial charge in [-0.25, -0.2) is 4.79 Å². The summed E-state index contributed by atoms with van der Waals surface area (Å²) >= 11 is 0. The van der Waals surface area contributed by atoms with E-state index < -0.39 is 0 Å². The van der Waals surface area contributed by atoms with Gasteiger partial charge in [0.25, 0.3) is 0 Å². The Balaban J connectivity index is 2.02. The number of nitrogens with zero attached hydrogens (tertiary/aromatic N) is 1. The van der Waals surface area contributed by atoms with Crippen molar-refractivity contribution < 1.29 is 14.3 Å². The maximum Gasteiger partial charge on any atom is 0.321 e. The van der Waals surface area contributed by atoms with Gasteiger partial charge in [-0.3, -0.25) is 4.79 Å². The van der Waals surface area contributed by atoms with E-state index in [1.807, 2.05) is 12.1 Å². The van der Waals surface area contributed by atoms with Gasteiger partial charge < -0.3 is 20.7 Å². The lowest BCUT2D eigenvalue weighted by molar-refractivity contribution is -0.123. The van der Waals surface area contributed by atoms with Gasteiger partial charge in [0.1, 0.15) is 5.75 Å². The van der Waals surface area contributed by atoms with Gasteiger partial charge in [-0.2, -0.15) is 0 Å². The summed E-state index contributed by atoms with van der Waals surface area (Å²) in [6, 6.07) is 6.96. The zero-order chi connectivity index (χ0) is 14.5. The number of rotatable bonds is 3. The van der Waals surface area contributed by atoms with Gasteiger partial charge in [-0.15, -0.1) is 0 Å². The summed E-state index contributed by atoms with van der Waals surface area (Å²) in [5, 5.41) is 2.80. The normalized spacial score (nSPS) is 18.4. The fourth-order valence-electron chi connectivity index (χ4n) is 2.34. The van der Waals surface area contributed by atoms with Gasteiger partial charge in [-0.1, -0.05) is 12.1 Å². The highest BCUT2D eigenvalue weighted by molar-refractivity contribution is 5.91. The summed E-state index contributed by atoms with van der Waals surface area (Å²) in [4.78, 5) is 25.1. The minimum Gasteiger partial charge on any atom is -0.495 e. The Hall–Kier alpha value is -2.24. The van der Waals surface area contributed by atoms with Crippen LogP contribution in [0, 0.1) is 5.92 Å². The minimum atomic E-state index is -0.347. The fourth-order valence-corrected chi connectivity index (χ4v) is 2.34. The van der Waals surface area contributed by atoms with Crippen LogP contribution in [0.3, 0.4) is 0 Å². The zero-order valence-corrected chi connectivity index (χ0v) is 11.5. The summed E-state index contributed by atoms with van der Waals surface area (Å²) in [5.41, 5.74) is 5.92. The number of urea groups is 1. The van der Waals surface area contributed by atoms with E-state index >= 15 is 0 Å². The number of para-hydroxylation sites is 2. The van der Waals surface area contributed by atoms with Crippen LogP contribution in [0.25, 0.3) is 0 Å². The van der Waals surface area contributed by atoms with Crippen molar-refractivity contribution in [2.45, 2.75) is 12.8 Å². The number of piperidine rings is 1. The molecule has 3 amide bonds. The Labute approximate surface area is 117 Å². The number of amides is 3. The summed E-state index contributed by atoms with van der Waals surface area (Å²) in [6.07, 6.45) is 1.53. The first-order chi connectivity index (χ1) is 9.61. The number of benzene rings is 1. The van der Waals surface area contributed by atoms with Gasteiger partial charge in [0.05, 0.1) is 18.7 Å². The van der Waals surface area contributed by atoms with Crippen molar-refractivity contribution in [1.82, 2.24) is 4.90 Å². The van der Waals surface area contributed by atoms with E-state index in [0.717, 1.165) is 12.8 Å². The van der Waals surface area contributed by atoms with Crippen LogP contribution in [0.1, 0.15) is 12.8 Å². The van der Waals surface area contributed by atoms with Gasteiger partial charge >= 0.3 is 6.03 Å². The third-order valence-corrected chi connectivity index (χ3v) is 3.46. The number of nitrogens with two attached hydrogens (primary N) is 1. The molecular formula is C14H19N3O3. The number of nitrogens with one attached hydrogen (secondary N) is 1. The molecule has 20 heavy (non-hydrogen) atoms. The summed E-state index contributed by atoms with van der Waals surface area (Å²) in [5.74, 6) is -0.00345. The lowest BCUT2D eigenvalue weighted by Crippen LogP contribution is -2.45. The van der Waals surface area contributed by atoms with E-state index in [1.165, 1.54) is 0 Å². The highest BCUT2D eigenvalue weighted by Gasteiger charge is 2.27. The molecule has 1 atom stereocenters. The van der Waals surface area contributed by atoms with Crippen LogP contribution in [0.15, 0.2) is 24.3 Å². The average molecular weight is 277 g/mol. The quantitative estimate of drug-likeness (QED) is 0.876. The Bertz CT molecular complexity index is 504. The maximum atomic E-state index is 12.2. The van der Waals surface area contributed by atoms with Crippen molar-refractivity contribution in [2.75, 3.05) is 25.5 Å². The van der Waals surface area contributed by atoms with E-state index in [2.05, 4.69) is 5.32 Å². The van der Waals surface area contributed by atoms with Crippen molar-refractivity contribution in [1.29, 1.82) is 0 Å². The first-order valence-electron chi connectivity index (χ1n) is 6.60. The molecule has 1 aromatic carbocycles. The number of ether oxygens (including phenoxy) is 1. The molecule has 108 valence electrons. The lowest BCUT2D eigenvalue weighted by Gasteiger charge is -2.31. The highest BCUT2D eigenvalue weighted by Crippen LogP contribution is 2.24. The lowest BCUT2D eigenvalue weighted by atomic mass is 9.98. The van der Waals surface area contributed by atoms with Gasteiger partial charge in [0, 0.05) is 13.1 Å². The number of hydrogen-bond acceptors (Lipinski definition) is 3. The molecule has 2 rings (SSSR count). The van der Waals surface area contributed by atoms with Crippen LogP contribution >= 0.6 is 0 Å². The minimum absolute atomic E-state index is 0.236. The molecule has 0 unspecified atom stereocenters. The molecule has 0 aromatic heterocycles. The molecular weight excluding hydrogens is 258 g/mol. The van der Waals surface area contributed by atoms with E-state index in [-0.39, 0.29) is 17.9 Å². The SMILES string of the molecule is COc1ccccc1NC(=O)N1CCC[C@@H](C(N)=O)C1. The summed E-state index contributed by atoms with van der Waals surface area (Å²) in [7, 11) is 1.55. The van der Waals surface area contributed by atoms with Crippen molar-refractivity contribution in [3.63, 3.8) is 0 Å². The molecule has 6 heteroatoms. The molecule has 0 spiro atoms. The summed E-state index contributed by atoms with van der Waals surface area (Å²) < 4.78 is 5.19. The predicted molar refractivity (Wildman–Crippen MR) is 75.5 cm³/mol. The number of hydrogen-bond donors (Lipinski definition) is 2. The number of methoxy groups -OCH3 is 1. The van der Waals surface area contributed by atoms with Crippen molar-refractivity contribution >= 4 is 17.6 Å². The fraction of sp³-hybridized carbons (Fsp3) is 0.429. The molecule has 0 saturated carbocycles. The van der Waals surface area contributed by atoms with Crippen LogP contribution in [0.5, 0.6) is 5.75 Å². The van der Waals surface area contributed by atoms with Crippen molar-refractivity contribution in [2.24, 2.45) is 11.7 Å². The molecule has 1 aliphatic rings. The Morgan fingerprint density at radius 3 is 2.85 bits per heavy atom. The van der Waals surface area contributed by atoms with Crippen LogP contribution in [0.2, 0.25) is 0 Å². The molecule has 1 saturated heterocycles. The molecule has 0 radical (unpaired) electrons. The molecule has 1 aliphatic heterocycles. The number of likely N-dealkylation sites (tertiary alicyclic amines) is 1. The second kappa shape index (κ2) is 6.27. The molecule has 0 aliphatic carbocycles. The van der Waals surface area contributed by atoms with Crippen LogP contribution in [-0.2, 0) is 4.79 Å². The van der Waals surface area contributed by atoms with E-state index in [9.17, 15) is 9.59 Å². The standard InChI is InChI=1S/C14H19N3O3/c1-20-12-7-3-2-6-11(12)16-14(19)17-8-4-5-10(9-17)13(15)18/h2-3,6-7,10H,4-5,8-9H2,1H3,(H2,15,18)(H,16,19)/t10-/m1/s1. The second-order valence-corrected chi connectivity index (χ2v) is 4.82. The molecule has 1 heterocycles. The predicted octanol–water partition coefficient (Wildman–Crippen LogP) is 1.42. The number of carbonyl (C=O) groups is 2. The number of carbonyl (C=O) groups excluding carboxylic acids is 2. The largest absolute Gasteiger partial charge is 0.495 e. The third-order valence-electron chi connectivity index (χ3n) is 3.46. The van der Waals surface area contributed by atoms with Gasteiger partial charge in [0.15, 0.2) is 0 Å². The van der Waals surface area contributed by atoms with Crippen LogP contribution in [0.4, 0.5) is 10.5 Å². The van der Waals surface area contributed by atoms with E-state index in [0.29, 0.717) is 24.5 Å². The zero-order valence-electron chi connectivity index (χ0n) is 11.5. The average Bonchev–Trinajstić information content (AvgIpc) is 2.48. The topological polar surface area (TPSA) is 84.7 Å². The van der Waals surface area contributed by atoms with Crippen molar-refractivity contribution in [3.05, 3.63) is 24.3 Å². The monoisotopic (exact) mass is 277 g/mol. The Morgan fingerprint density at radius 1 is 1.40 bits per heavy atom. The van der Waals surface area contributed by atoms with E-state index in [1.54, 1.807) is 24.1 Å². The van der Waals surface area contributed by atoms with Crippen LogP contribution < -0.4 is 15.8 Å². The van der Waals surface area contributed by atoms with Gasteiger partial charge in [0.2, 0.25) is 5.91 Å².